The van der Waals surface area contributed by atoms with Crippen molar-refractivity contribution in [2.75, 3.05) is 13.2 Å². The van der Waals surface area contributed by atoms with E-state index in [9.17, 15) is 10.2 Å². The van der Waals surface area contributed by atoms with Gasteiger partial charge in [0.25, 0.3) is 0 Å². The molecule has 1 rings (SSSR count). The zero-order valence-electron chi connectivity index (χ0n) is 32.3. The van der Waals surface area contributed by atoms with Gasteiger partial charge < -0.3 is 24.4 Å². The molecule has 0 aromatic rings. The molecule has 0 unspecified atom stereocenters. The maximum atomic E-state index is 11.1. The number of rotatable bonds is 35. The van der Waals surface area contributed by atoms with Gasteiger partial charge in [0.1, 0.15) is 12.2 Å². The van der Waals surface area contributed by atoms with Crippen molar-refractivity contribution in [1.82, 2.24) is 0 Å². The standard InChI is InChI=1S/C42H80O5S2/c1-3-5-7-9-11-13-15-17-19-21-23-25-27-29-31-33-39(48)46-38-36-45-37(35-43)42(41(38)44)47-40(49)34-32-30-28-26-24-22-20-18-16-14-12-10-8-6-4-2/h37-38,41-44H,3-36H2,1-2H3/t37-,38+,41-,42-/m1/s1. The molecule has 4 atom stereocenters. The highest BCUT2D eigenvalue weighted by molar-refractivity contribution is 7.80. The Morgan fingerprint density at radius 1 is 0.510 bits per heavy atom. The number of thiocarbonyl (C=S) groups is 2. The summed E-state index contributed by atoms with van der Waals surface area (Å²) < 4.78 is 17.8. The predicted octanol–water partition coefficient (Wildman–Crippen LogP) is 12.7. The second-order valence-electron chi connectivity index (χ2n) is 14.9. The van der Waals surface area contributed by atoms with E-state index in [1.807, 2.05) is 0 Å². The number of aliphatic hydroxyl groups is 2. The van der Waals surface area contributed by atoms with Crippen LogP contribution in [0.15, 0.2) is 0 Å². The quantitative estimate of drug-likeness (QED) is 0.0497. The van der Waals surface area contributed by atoms with Crippen molar-refractivity contribution < 1.29 is 24.4 Å². The Labute approximate surface area is 314 Å². The predicted molar refractivity (Wildman–Crippen MR) is 217 cm³/mol. The lowest BCUT2D eigenvalue weighted by atomic mass is 10.00. The molecule has 49 heavy (non-hydrogen) atoms. The van der Waals surface area contributed by atoms with Gasteiger partial charge in [-0.15, -0.1) is 0 Å². The first-order chi connectivity index (χ1) is 24.0. The fourth-order valence-electron chi connectivity index (χ4n) is 6.97. The van der Waals surface area contributed by atoms with Crippen LogP contribution in [-0.4, -0.2) is 57.9 Å². The minimum Gasteiger partial charge on any atom is -0.479 e. The summed E-state index contributed by atoms with van der Waals surface area (Å²) in [5, 5.41) is 21.9. The third-order valence-corrected chi connectivity index (χ3v) is 10.9. The van der Waals surface area contributed by atoms with E-state index < -0.39 is 24.4 Å². The van der Waals surface area contributed by atoms with E-state index in [2.05, 4.69) is 13.8 Å². The van der Waals surface area contributed by atoms with Gasteiger partial charge in [0.05, 0.1) is 13.2 Å². The highest BCUT2D eigenvalue weighted by Crippen LogP contribution is 2.24. The fourth-order valence-corrected chi connectivity index (χ4v) is 7.49. The molecule has 1 fully saturated rings. The van der Waals surface area contributed by atoms with E-state index in [1.165, 1.54) is 167 Å². The number of aliphatic hydroxyl groups excluding tert-OH is 2. The highest BCUT2D eigenvalue weighted by atomic mass is 32.1. The van der Waals surface area contributed by atoms with Crippen LogP contribution < -0.4 is 0 Å². The minimum atomic E-state index is -0.955. The molecule has 0 saturated carbocycles. The summed E-state index contributed by atoms with van der Waals surface area (Å²) in [7, 11) is 0. The largest absolute Gasteiger partial charge is 0.479 e. The molecular weight excluding hydrogens is 649 g/mol. The van der Waals surface area contributed by atoms with Gasteiger partial charge in [0, 0.05) is 12.8 Å². The van der Waals surface area contributed by atoms with Gasteiger partial charge in [-0.25, -0.2) is 0 Å². The molecule has 1 saturated heterocycles. The highest BCUT2D eigenvalue weighted by Gasteiger charge is 2.42. The van der Waals surface area contributed by atoms with Crippen LogP contribution in [0.1, 0.15) is 219 Å². The van der Waals surface area contributed by atoms with Gasteiger partial charge in [-0.3, -0.25) is 0 Å². The van der Waals surface area contributed by atoms with Crippen LogP contribution >= 0.6 is 24.4 Å². The van der Waals surface area contributed by atoms with Gasteiger partial charge in [-0.1, -0.05) is 194 Å². The second kappa shape index (κ2) is 34.7. The second-order valence-corrected chi connectivity index (χ2v) is 15.8. The topological polar surface area (TPSA) is 68.2 Å². The molecule has 0 spiro atoms. The van der Waals surface area contributed by atoms with Crippen molar-refractivity contribution in [2.45, 2.75) is 244 Å². The number of unbranched alkanes of at least 4 members (excludes halogenated alkanes) is 28. The fraction of sp³-hybridized carbons (Fsp3) is 0.952. The average Bonchev–Trinajstić information content (AvgIpc) is 3.10. The Kier molecular flexibility index (Phi) is 33.1. The summed E-state index contributed by atoms with van der Waals surface area (Å²) in [5.74, 6) is 0. The lowest BCUT2D eigenvalue weighted by Gasteiger charge is -2.39. The molecule has 7 heteroatoms. The van der Waals surface area contributed by atoms with Gasteiger partial charge in [0.15, 0.2) is 22.3 Å². The summed E-state index contributed by atoms with van der Waals surface area (Å²) in [6, 6.07) is 0. The van der Waals surface area contributed by atoms with Crippen LogP contribution in [0.4, 0.5) is 0 Å². The molecule has 0 amide bonds. The lowest BCUT2D eigenvalue weighted by Crippen LogP contribution is -2.56. The van der Waals surface area contributed by atoms with E-state index in [0.29, 0.717) is 22.9 Å². The first-order valence-electron chi connectivity index (χ1n) is 21.3. The summed E-state index contributed by atoms with van der Waals surface area (Å²) in [6.07, 6.45) is 38.3. The molecular formula is C42H80O5S2. The lowest BCUT2D eigenvalue weighted by molar-refractivity contribution is -0.186. The van der Waals surface area contributed by atoms with Crippen molar-refractivity contribution in [1.29, 1.82) is 0 Å². The molecule has 1 aliphatic heterocycles. The maximum absolute atomic E-state index is 11.1. The average molecular weight is 729 g/mol. The molecule has 0 aromatic heterocycles. The van der Waals surface area contributed by atoms with E-state index in [1.54, 1.807) is 0 Å². The van der Waals surface area contributed by atoms with Crippen LogP contribution in [-0.2, 0) is 14.2 Å². The van der Waals surface area contributed by atoms with E-state index in [4.69, 9.17) is 38.6 Å². The van der Waals surface area contributed by atoms with Crippen LogP contribution in [0.25, 0.3) is 0 Å². The number of hydrogen-bond acceptors (Lipinski definition) is 7. The van der Waals surface area contributed by atoms with Crippen LogP contribution in [0, 0.1) is 0 Å². The minimum absolute atomic E-state index is 0.178. The monoisotopic (exact) mass is 729 g/mol. The van der Waals surface area contributed by atoms with Gasteiger partial charge in [-0.05, 0) is 37.3 Å². The smallest absolute Gasteiger partial charge is 0.160 e. The Hall–Kier alpha value is -0.340. The number of hydrogen-bond donors (Lipinski definition) is 2. The normalized spacial score (nSPS) is 19.3. The first-order valence-corrected chi connectivity index (χ1v) is 22.1. The molecule has 1 aliphatic rings. The van der Waals surface area contributed by atoms with Crippen molar-refractivity contribution >= 4 is 34.5 Å². The molecule has 5 nitrogen and oxygen atoms in total. The molecule has 0 radical (unpaired) electrons. The summed E-state index contributed by atoms with van der Waals surface area (Å²) in [6.45, 7) is 4.50. The third-order valence-electron chi connectivity index (χ3n) is 10.3. The summed E-state index contributed by atoms with van der Waals surface area (Å²) in [4.78, 5) is 0. The van der Waals surface area contributed by atoms with E-state index in [-0.39, 0.29) is 13.2 Å². The Bertz CT molecular complexity index is 751. The van der Waals surface area contributed by atoms with Crippen molar-refractivity contribution in [3.05, 3.63) is 0 Å². The first kappa shape index (κ1) is 46.7. The molecule has 0 bridgehead atoms. The summed E-state index contributed by atoms with van der Waals surface area (Å²) in [5.41, 5.74) is 0. The maximum Gasteiger partial charge on any atom is 0.160 e. The zero-order chi connectivity index (χ0) is 35.6. The molecule has 0 aliphatic carbocycles. The van der Waals surface area contributed by atoms with E-state index in [0.717, 1.165) is 25.7 Å². The Morgan fingerprint density at radius 2 is 0.816 bits per heavy atom. The van der Waals surface area contributed by atoms with Crippen molar-refractivity contribution in [3.8, 4) is 0 Å². The summed E-state index contributed by atoms with van der Waals surface area (Å²) >= 11 is 11.0. The third kappa shape index (κ3) is 27.0. The molecule has 290 valence electrons. The molecule has 0 aromatic carbocycles. The Balaban J connectivity index is 2.08. The van der Waals surface area contributed by atoms with Gasteiger partial charge >= 0.3 is 0 Å². The van der Waals surface area contributed by atoms with E-state index >= 15 is 0 Å². The van der Waals surface area contributed by atoms with Crippen molar-refractivity contribution in [2.24, 2.45) is 0 Å². The molecule has 1 heterocycles. The zero-order valence-corrected chi connectivity index (χ0v) is 33.9. The van der Waals surface area contributed by atoms with Crippen LogP contribution in [0.5, 0.6) is 0 Å². The molecule has 2 N–H and O–H groups in total. The van der Waals surface area contributed by atoms with Crippen molar-refractivity contribution in [3.63, 3.8) is 0 Å². The van der Waals surface area contributed by atoms with Crippen LogP contribution in [0.3, 0.4) is 0 Å². The SMILES string of the molecule is CCCCCCCCCCCCCCCCCC(=S)O[C@H]1[C@H](O)[C@@H](OC(=S)CCCCCCCCCCCCCCCCC)CO[C@@H]1CO. The van der Waals surface area contributed by atoms with Gasteiger partial charge in [-0.2, -0.15) is 0 Å². The van der Waals surface area contributed by atoms with Gasteiger partial charge in [0.2, 0.25) is 0 Å². The van der Waals surface area contributed by atoms with Crippen LogP contribution in [0.2, 0.25) is 0 Å². The number of ether oxygens (including phenoxy) is 3. The Morgan fingerprint density at radius 3 is 1.14 bits per heavy atom.